The third kappa shape index (κ3) is 4.23. The lowest BCUT2D eigenvalue weighted by Crippen LogP contribution is -2.20. The van der Waals surface area contributed by atoms with Crippen LogP contribution >= 0.6 is 0 Å². The highest BCUT2D eigenvalue weighted by Crippen LogP contribution is 2.46. The lowest BCUT2D eigenvalue weighted by Gasteiger charge is -2.33. The van der Waals surface area contributed by atoms with Gasteiger partial charge in [0.05, 0.1) is 0 Å². The Balaban J connectivity index is 1.62. The Kier molecular flexibility index (Phi) is 5.93. The van der Waals surface area contributed by atoms with Gasteiger partial charge in [-0.15, -0.1) is 0 Å². The van der Waals surface area contributed by atoms with E-state index in [4.69, 9.17) is 0 Å². The molecule has 2 saturated carbocycles. The van der Waals surface area contributed by atoms with E-state index in [-0.39, 0.29) is 5.92 Å². The van der Waals surface area contributed by atoms with E-state index in [0.29, 0.717) is 11.5 Å². The van der Waals surface area contributed by atoms with Gasteiger partial charge >= 0.3 is 6.18 Å². The number of rotatable bonds is 4. The summed E-state index contributed by atoms with van der Waals surface area (Å²) in [5.74, 6) is -0.752. The van der Waals surface area contributed by atoms with Crippen LogP contribution in [0.25, 0.3) is 0 Å². The number of alkyl halides is 3. The van der Waals surface area contributed by atoms with E-state index < -0.39 is 23.4 Å². The Labute approximate surface area is 152 Å². The van der Waals surface area contributed by atoms with Crippen molar-refractivity contribution in [1.29, 1.82) is 0 Å². The van der Waals surface area contributed by atoms with E-state index >= 15 is 0 Å². The molecule has 2 fully saturated rings. The van der Waals surface area contributed by atoms with Crippen LogP contribution in [0.3, 0.4) is 0 Å². The Morgan fingerprint density at radius 1 is 0.885 bits per heavy atom. The largest absolute Gasteiger partial charge is 0.422 e. The zero-order valence-corrected chi connectivity index (χ0v) is 15.2. The number of benzene rings is 1. The van der Waals surface area contributed by atoms with Gasteiger partial charge in [-0.1, -0.05) is 26.2 Å². The van der Waals surface area contributed by atoms with Crippen LogP contribution in [0.1, 0.15) is 81.8 Å². The van der Waals surface area contributed by atoms with Crippen LogP contribution in [0.4, 0.5) is 22.0 Å². The molecule has 0 aromatic heterocycles. The molecule has 146 valence electrons. The normalized spacial score (nSPS) is 29.9. The Morgan fingerprint density at radius 3 is 2.00 bits per heavy atom. The van der Waals surface area contributed by atoms with E-state index in [1.54, 1.807) is 0 Å². The molecule has 2 atom stereocenters. The molecule has 0 heterocycles. The molecule has 0 spiro atoms. The molecule has 26 heavy (non-hydrogen) atoms. The molecule has 3 rings (SSSR count). The summed E-state index contributed by atoms with van der Waals surface area (Å²) in [6.07, 6.45) is 5.07. The molecule has 5 heteroatoms. The maximum atomic E-state index is 13.8. The van der Waals surface area contributed by atoms with E-state index in [1.807, 2.05) is 0 Å². The first-order chi connectivity index (χ1) is 12.3. The van der Waals surface area contributed by atoms with Crippen LogP contribution in [0.15, 0.2) is 12.1 Å². The van der Waals surface area contributed by atoms with Gasteiger partial charge in [0.2, 0.25) is 0 Å². The third-order valence-corrected chi connectivity index (χ3v) is 6.54. The van der Waals surface area contributed by atoms with Crippen molar-refractivity contribution in [2.75, 3.05) is 0 Å². The predicted molar refractivity (Wildman–Crippen MR) is 91.8 cm³/mol. The zero-order chi connectivity index (χ0) is 18.9. The van der Waals surface area contributed by atoms with E-state index in [2.05, 4.69) is 6.92 Å². The molecule has 0 radical (unpaired) electrons. The highest BCUT2D eigenvalue weighted by molar-refractivity contribution is 5.30. The number of halogens is 5. The van der Waals surface area contributed by atoms with Gasteiger partial charge in [-0.25, -0.2) is 8.78 Å². The Hall–Kier alpha value is -1.13. The van der Waals surface area contributed by atoms with Gasteiger partial charge in [-0.3, -0.25) is 0 Å². The molecule has 0 amide bonds. The van der Waals surface area contributed by atoms with Gasteiger partial charge in [-0.05, 0) is 79.9 Å². The van der Waals surface area contributed by atoms with Crippen LogP contribution in [0, 0.1) is 29.4 Å². The summed E-state index contributed by atoms with van der Waals surface area (Å²) < 4.78 is 65.8. The number of hydrogen-bond donors (Lipinski definition) is 0. The molecular formula is C21H27F5. The summed E-state index contributed by atoms with van der Waals surface area (Å²) in [5, 5.41) is 0. The standard InChI is InChI=1S/C21H27F5/c1-2-3-13-4-5-16(10-13)14-6-8-15(9-7-14)17-11-18(22)20(19(23)12-17)21(24,25)26/h11-16H,2-10H2,1H3. The van der Waals surface area contributed by atoms with Gasteiger partial charge < -0.3 is 0 Å². The molecule has 0 nitrogen and oxygen atoms in total. The topological polar surface area (TPSA) is 0 Å². The van der Waals surface area contributed by atoms with Gasteiger partial charge in [0.1, 0.15) is 17.2 Å². The van der Waals surface area contributed by atoms with Crippen molar-refractivity contribution in [2.45, 2.75) is 76.8 Å². The van der Waals surface area contributed by atoms with Crippen molar-refractivity contribution in [3.63, 3.8) is 0 Å². The maximum Gasteiger partial charge on any atom is 0.422 e. The van der Waals surface area contributed by atoms with Crippen molar-refractivity contribution >= 4 is 0 Å². The van der Waals surface area contributed by atoms with Gasteiger partial charge in [-0.2, -0.15) is 13.2 Å². The summed E-state index contributed by atoms with van der Waals surface area (Å²) in [4.78, 5) is 0. The molecule has 2 unspecified atom stereocenters. The van der Waals surface area contributed by atoms with Crippen LogP contribution in [-0.4, -0.2) is 0 Å². The highest BCUT2D eigenvalue weighted by Gasteiger charge is 2.39. The van der Waals surface area contributed by atoms with Crippen molar-refractivity contribution in [3.8, 4) is 0 Å². The summed E-state index contributed by atoms with van der Waals surface area (Å²) in [6.45, 7) is 2.22. The first-order valence-electron chi connectivity index (χ1n) is 9.85. The van der Waals surface area contributed by atoms with Crippen LogP contribution in [0.5, 0.6) is 0 Å². The quantitative estimate of drug-likeness (QED) is 0.479. The second-order valence-electron chi connectivity index (χ2n) is 8.20. The molecule has 0 saturated heterocycles. The first kappa shape index (κ1) is 19.6. The minimum atomic E-state index is -5.00. The fourth-order valence-electron chi connectivity index (χ4n) is 5.24. The van der Waals surface area contributed by atoms with E-state index in [1.165, 1.54) is 32.1 Å². The minimum Gasteiger partial charge on any atom is -0.206 e. The lowest BCUT2D eigenvalue weighted by molar-refractivity contribution is -0.142. The molecule has 1 aromatic rings. The first-order valence-corrected chi connectivity index (χ1v) is 9.85. The molecule has 1 aromatic carbocycles. The summed E-state index contributed by atoms with van der Waals surface area (Å²) in [6, 6.07) is 1.79. The average Bonchev–Trinajstić information content (AvgIpc) is 3.02. The highest BCUT2D eigenvalue weighted by atomic mass is 19.4. The summed E-state index contributed by atoms with van der Waals surface area (Å²) in [7, 11) is 0. The molecule has 2 aliphatic rings. The van der Waals surface area contributed by atoms with Crippen LogP contribution in [-0.2, 0) is 6.18 Å². The maximum absolute atomic E-state index is 13.8. The van der Waals surface area contributed by atoms with E-state index in [9.17, 15) is 22.0 Å². The van der Waals surface area contributed by atoms with Crippen molar-refractivity contribution in [2.24, 2.45) is 17.8 Å². The molecule has 0 aliphatic heterocycles. The van der Waals surface area contributed by atoms with Gasteiger partial charge in [0.15, 0.2) is 0 Å². The second kappa shape index (κ2) is 7.85. The third-order valence-electron chi connectivity index (χ3n) is 6.54. The summed E-state index contributed by atoms with van der Waals surface area (Å²) >= 11 is 0. The van der Waals surface area contributed by atoms with Crippen LogP contribution in [0.2, 0.25) is 0 Å². The van der Waals surface area contributed by atoms with Gasteiger partial charge in [0.25, 0.3) is 0 Å². The van der Waals surface area contributed by atoms with Crippen molar-refractivity contribution in [1.82, 2.24) is 0 Å². The molecular weight excluding hydrogens is 347 g/mol. The van der Waals surface area contributed by atoms with Crippen LogP contribution < -0.4 is 0 Å². The monoisotopic (exact) mass is 374 g/mol. The predicted octanol–water partition coefficient (Wildman–Crippen LogP) is 7.47. The molecule has 0 N–H and O–H groups in total. The van der Waals surface area contributed by atoms with Crippen molar-refractivity contribution in [3.05, 3.63) is 34.9 Å². The fraction of sp³-hybridized carbons (Fsp3) is 0.714. The fourth-order valence-corrected chi connectivity index (χ4v) is 5.24. The smallest absolute Gasteiger partial charge is 0.206 e. The van der Waals surface area contributed by atoms with E-state index in [0.717, 1.165) is 49.7 Å². The average molecular weight is 374 g/mol. The number of hydrogen-bond acceptors (Lipinski definition) is 0. The second-order valence-corrected chi connectivity index (χ2v) is 8.20. The zero-order valence-electron chi connectivity index (χ0n) is 15.2. The lowest BCUT2D eigenvalue weighted by atomic mass is 9.73. The molecule has 2 aliphatic carbocycles. The Morgan fingerprint density at radius 2 is 1.46 bits per heavy atom. The Bertz CT molecular complexity index is 590. The van der Waals surface area contributed by atoms with Gasteiger partial charge in [0, 0.05) is 0 Å². The van der Waals surface area contributed by atoms with Crippen molar-refractivity contribution < 1.29 is 22.0 Å². The minimum absolute atomic E-state index is 0.0367. The SMILES string of the molecule is CCCC1CCC(C2CCC(c3cc(F)c(C(F)(F)F)c(F)c3)CC2)C1. The molecule has 0 bridgehead atoms. The summed E-state index contributed by atoms with van der Waals surface area (Å²) in [5.41, 5.74) is -1.40.